The highest BCUT2D eigenvalue weighted by Gasteiger charge is 2.27. The van der Waals surface area contributed by atoms with Crippen LogP contribution in [0, 0.1) is 0 Å². The molecular formula is C18H16N4O3S. The van der Waals surface area contributed by atoms with Crippen molar-refractivity contribution in [2.75, 3.05) is 5.32 Å². The SMILES string of the molecule is Cn1c(=O)n(CCC2Sc3ccccc3NC2=O)c(=O)c2cccnc21. The highest BCUT2D eigenvalue weighted by atomic mass is 32.2. The third-order valence-electron chi connectivity index (χ3n) is 4.42. The minimum absolute atomic E-state index is 0.110. The molecule has 26 heavy (non-hydrogen) atoms. The van der Waals surface area contributed by atoms with Gasteiger partial charge in [-0.1, -0.05) is 12.1 Å². The van der Waals surface area contributed by atoms with Crippen molar-refractivity contribution >= 4 is 34.4 Å². The number of pyridine rings is 1. The third kappa shape index (κ3) is 2.72. The van der Waals surface area contributed by atoms with Gasteiger partial charge >= 0.3 is 5.69 Å². The zero-order valence-electron chi connectivity index (χ0n) is 14.0. The summed E-state index contributed by atoms with van der Waals surface area (Å²) >= 11 is 1.46. The molecule has 1 atom stereocenters. The number of hydrogen-bond donors (Lipinski definition) is 1. The number of anilines is 1. The summed E-state index contributed by atoms with van der Waals surface area (Å²) in [5.41, 5.74) is 0.349. The van der Waals surface area contributed by atoms with Crippen molar-refractivity contribution in [3.8, 4) is 0 Å². The monoisotopic (exact) mass is 368 g/mol. The molecule has 3 heterocycles. The number of fused-ring (bicyclic) bond motifs is 2. The molecule has 0 spiro atoms. The Morgan fingerprint density at radius 1 is 1.15 bits per heavy atom. The molecule has 132 valence electrons. The first-order valence-corrected chi connectivity index (χ1v) is 9.05. The fourth-order valence-electron chi connectivity index (χ4n) is 3.06. The summed E-state index contributed by atoms with van der Waals surface area (Å²) in [6.45, 7) is 0.170. The predicted molar refractivity (Wildman–Crippen MR) is 101 cm³/mol. The normalized spacial score (nSPS) is 16.3. The molecule has 0 saturated heterocycles. The molecule has 4 rings (SSSR count). The van der Waals surface area contributed by atoms with E-state index in [2.05, 4.69) is 10.3 Å². The molecule has 7 nitrogen and oxygen atoms in total. The second-order valence-electron chi connectivity index (χ2n) is 6.05. The van der Waals surface area contributed by atoms with Gasteiger partial charge in [-0.25, -0.2) is 9.78 Å². The fraction of sp³-hybridized carbons (Fsp3) is 0.222. The molecule has 2 aromatic heterocycles. The number of hydrogen-bond acceptors (Lipinski definition) is 5. The molecule has 1 aromatic carbocycles. The Morgan fingerprint density at radius 2 is 1.96 bits per heavy atom. The van der Waals surface area contributed by atoms with Gasteiger partial charge in [0.2, 0.25) is 5.91 Å². The predicted octanol–water partition coefficient (Wildman–Crippen LogP) is 1.60. The summed E-state index contributed by atoms with van der Waals surface area (Å²) in [5, 5.41) is 2.91. The largest absolute Gasteiger partial charge is 0.332 e. The van der Waals surface area contributed by atoms with Crippen molar-refractivity contribution in [2.45, 2.75) is 23.1 Å². The number of amides is 1. The highest BCUT2D eigenvalue weighted by Crippen LogP contribution is 2.36. The summed E-state index contributed by atoms with van der Waals surface area (Å²) in [6.07, 6.45) is 1.93. The maximum absolute atomic E-state index is 12.7. The van der Waals surface area contributed by atoms with Crippen LogP contribution in [-0.4, -0.2) is 25.3 Å². The molecule has 1 aliphatic heterocycles. The maximum atomic E-state index is 12.7. The van der Waals surface area contributed by atoms with Crippen LogP contribution in [0.25, 0.3) is 11.0 Å². The number of benzene rings is 1. The van der Waals surface area contributed by atoms with Gasteiger partial charge in [0.25, 0.3) is 5.56 Å². The van der Waals surface area contributed by atoms with Crippen LogP contribution in [-0.2, 0) is 18.4 Å². The molecule has 0 fully saturated rings. The van der Waals surface area contributed by atoms with Crippen molar-refractivity contribution in [2.24, 2.45) is 7.05 Å². The molecule has 3 aromatic rings. The van der Waals surface area contributed by atoms with E-state index in [1.807, 2.05) is 24.3 Å². The lowest BCUT2D eigenvalue weighted by Crippen LogP contribution is -2.40. The number of carbonyl (C=O) groups excluding carboxylic acids is 1. The molecule has 0 saturated carbocycles. The van der Waals surface area contributed by atoms with E-state index in [-0.39, 0.29) is 23.3 Å². The van der Waals surface area contributed by atoms with E-state index in [1.165, 1.54) is 20.9 Å². The maximum Gasteiger partial charge on any atom is 0.332 e. The molecule has 0 radical (unpaired) electrons. The van der Waals surface area contributed by atoms with Crippen LogP contribution < -0.4 is 16.6 Å². The Labute approximate surface area is 152 Å². The lowest BCUT2D eigenvalue weighted by atomic mass is 10.2. The van der Waals surface area contributed by atoms with E-state index in [0.29, 0.717) is 17.5 Å². The summed E-state index contributed by atoms with van der Waals surface area (Å²) in [5.74, 6) is -0.110. The lowest BCUT2D eigenvalue weighted by molar-refractivity contribution is -0.116. The van der Waals surface area contributed by atoms with Crippen molar-refractivity contribution < 1.29 is 4.79 Å². The average Bonchev–Trinajstić information content (AvgIpc) is 2.66. The molecule has 8 heteroatoms. The van der Waals surface area contributed by atoms with Gasteiger partial charge in [0.15, 0.2) is 0 Å². The zero-order valence-corrected chi connectivity index (χ0v) is 14.8. The fourth-order valence-corrected chi connectivity index (χ4v) is 4.16. The van der Waals surface area contributed by atoms with Crippen molar-refractivity contribution in [3.05, 3.63) is 63.4 Å². The standard InChI is InChI=1S/C18H16N4O3S/c1-21-15-11(5-4-9-19-15)17(24)22(18(21)25)10-8-14-16(23)20-12-6-2-3-7-13(12)26-14/h2-7,9,14H,8,10H2,1H3,(H,20,23). The first kappa shape index (κ1) is 16.6. The van der Waals surface area contributed by atoms with Gasteiger partial charge in [-0.2, -0.15) is 0 Å². The summed E-state index contributed by atoms with van der Waals surface area (Å²) in [4.78, 5) is 42.6. The minimum Gasteiger partial charge on any atom is -0.324 e. The smallest absolute Gasteiger partial charge is 0.324 e. The second-order valence-corrected chi connectivity index (χ2v) is 7.30. The van der Waals surface area contributed by atoms with Crippen LogP contribution in [0.4, 0.5) is 5.69 Å². The topological polar surface area (TPSA) is 86.0 Å². The van der Waals surface area contributed by atoms with E-state index < -0.39 is 5.69 Å². The number of aromatic nitrogens is 3. The van der Waals surface area contributed by atoms with Gasteiger partial charge in [-0.15, -0.1) is 11.8 Å². The number of carbonyl (C=O) groups is 1. The number of nitrogens with zero attached hydrogens (tertiary/aromatic N) is 3. The van der Waals surface area contributed by atoms with Gasteiger partial charge in [-0.05, 0) is 30.7 Å². The zero-order chi connectivity index (χ0) is 18.3. The van der Waals surface area contributed by atoms with E-state index >= 15 is 0 Å². The Kier molecular flexibility index (Phi) is 4.12. The molecule has 0 aliphatic carbocycles. The van der Waals surface area contributed by atoms with Gasteiger partial charge < -0.3 is 5.32 Å². The van der Waals surface area contributed by atoms with E-state index in [4.69, 9.17) is 0 Å². The van der Waals surface area contributed by atoms with Crippen LogP contribution >= 0.6 is 11.8 Å². The van der Waals surface area contributed by atoms with E-state index in [1.54, 1.807) is 25.4 Å². The van der Waals surface area contributed by atoms with Crippen LogP contribution in [0.1, 0.15) is 6.42 Å². The van der Waals surface area contributed by atoms with Gasteiger partial charge in [0.05, 0.1) is 16.3 Å². The minimum atomic E-state index is -0.428. The van der Waals surface area contributed by atoms with Crippen molar-refractivity contribution in [1.29, 1.82) is 0 Å². The Hall–Kier alpha value is -2.87. The molecule has 1 unspecified atom stereocenters. The molecule has 1 amide bonds. The van der Waals surface area contributed by atoms with Crippen LogP contribution in [0.5, 0.6) is 0 Å². The van der Waals surface area contributed by atoms with Gasteiger partial charge in [0, 0.05) is 24.7 Å². The highest BCUT2D eigenvalue weighted by molar-refractivity contribution is 8.01. The molecule has 1 N–H and O–H groups in total. The van der Waals surface area contributed by atoms with Crippen LogP contribution in [0.2, 0.25) is 0 Å². The number of nitrogens with one attached hydrogen (secondary N) is 1. The molecular weight excluding hydrogens is 352 g/mol. The first-order chi connectivity index (χ1) is 12.6. The second kappa shape index (κ2) is 6.45. The number of para-hydroxylation sites is 1. The van der Waals surface area contributed by atoms with Gasteiger partial charge in [0.1, 0.15) is 5.65 Å². The summed E-state index contributed by atoms with van der Waals surface area (Å²) in [6, 6.07) is 10.9. The number of thioether (sulfide) groups is 1. The summed E-state index contributed by atoms with van der Waals surface area (Å²) in [7, 11) is 1.59. The van der Waals surface area contributed by atoms with Crippen LogP contribution in [0.3, 0.4) is 0 Å². The molecule has 1 aliphatic rings. The van der Waals surface area contributed by atoms with Crippen molar-refractivity contribution in [3.63, 3.8) is 0 Å². The quantitative estimate of drug-likeness (QED) is 0.759. The third-order valence-corrected chi connectivity index (χ3v) is 5.76. The average molecular weight is 368 g/mol. The Morgan fingerprint density at radius 3 is 2.81 bits per heavy atom. The summed E-state index contributed by atoms with van der Waals surface area (Å²) < 4.78 is 2.54. The molecule has 0 bridgehead atoms. The Balaban J connectivity index is 1.64. The van der Waals surface area contributed by atoms with E-state index in [0.717, 1.165) is 10.6 Å². The van der Waals surface area contributed by atoms with Crippen LogP contribution in [0.15, 0.2) is 57.1 Å². The Bertz CT molecular complexity index is 1140. The number of aryl methyl sites for hydroxylation is 1. The van der Waals surface area contributed by atoms with E-state index in [9.17, 15) is 14.4 Å². The van der Waals surface area contributed by atoms with Crippen molar-refractivity contribution in [1.82, 2.24) is 14.1 Å². The lowest BCUT2D eigenvalue weighted by Gasteiger charge is -2.24. The van der Waals surface area contributed by atoms with Gasteiger partial charge in [-0.3, -0.25) is 18.7 Å². The first-order valence-electron chi connectivity index (χ1n) is 8.17. The number of rotatable bonds is 3.